The summed E-state index contributed by atoms with van der Waals surface area (Å²) in [6.07, 6.45) is 4.25. The van der Waals surface area contributed by atoms with Gasteiger partial charge in [-0.15, -0.1) is 0 Å². The normalized spacial score (nSPS) is 15.1. The number of piperidine rings is 1. The zero-order valence-electron chi connectivity index (χ0n) is 19.6. The Morgan fingerprint density at radius 2 is 1.79 bits per heavy atom. The number of hydrogen-bond acceptors (Lipinski definition) is 4. The minimum absolute atomic E-state index is 0.605. The molecule has 5 nitrogen and oxygen atoms in total. The quantitative estimate of drug-likeness (QED) is 0.403. The highest BCUT2D eigenvalue weighted by atomic mass is 16.5. The lowest BCUT2D eigenvalue weighted by atomic mass is 9.88. The molecule has 0 spiro atoms. The molecular formula is C28H31N3O2. The zero-order chi connectivity index (χ0) is 22.8. The van der Waals surface area contributed by atoms with Gasteiger partial charge in [-0.3, -0.25) is 9.88 Å². The second-order valence-corrected chi connectivity index (χ2v) is 8.87. The van der Waals surface area contributed by atoms with Gasteiger partial charge < -0.3 is 14.5 Å². The Labute approximate surface area is 195 Å². The van der Waals surface area contributed by atoms with E-state index in [1.165, 1.54) is 34.9 Å². The van der Waals surface area contributed by atoms with E-state index in [9.17, 15) is 0 Å². The monoisotopic (exact) mass is 441 g/mol. The van der Waals surface area contributed by atoms with E-state index in [0.717, 1.165) is 48.1 Å². The van der Waals surface area contributed by atoms with Crippen LogP contribution in [0.15, 0.2) is 60.8 Å². The third-order valence-corrected chi connectivity index (χ3v) is 6.93. The molecule has 1 aliphatic rings. The van der Waals surface area contributed by atoms with Crippen LogP contribution in [-0.4, -0.2) is 42.2 Å². The van der Waals surface area contributed by atoms with Crippen LogP contribution in [0.1, 0.15) is 35.6 Å². The van der Waals surface area contributed by atoms with Crippen LogP contribution >= 0.6 is 0 Å². The lowest BCUT2D eigenvalue weighted by molar-refractivity contribution is 0.202. The number of pyridine rings is 1. The molecule has 0 saturated carbocycles. The molecule has 1 N–H and O–H groups in total. The van der Waals surface area contributed by atoms with E-state index in [4.69, 9.17) is 9.47 Å². The number of nitrogens with one attached hydrogen (secondary N) is 1. The molecule has 2 aromatic heterocycles. The minimum Gasteiger partial charge on any atom is -0.493 e. The molecule has 2 aromatic carbocycles. The highest BCUT2D eigenvalue weighted by Crippen LogP contribution is 2.37. The summed E-state index contributed by atoms with van der Waals surface area (Å²) in [7, 11) is 3.34. The summed E-state index contributed by atoms with van der Waals surface area (Å²) in [5.74, 6) is 2.09. The lowest BCUT2D eigenvalue weighted by Gasteiger charge is -2.32. The Morgan fingerprint density at radius 3 is 2.52 bits per heavy atom. The van der Waals surface area contributed by atoms with Gasteiger partial charge in [0.2, 0.25) is 0 Å². The summed E-state index contributed by atoms with van der Waals surface area (Å²) in [5.41, 5.74) is 7.28. The van der Waals surface area contributed by atoms with Crippen LogP contribution in [0, 0.1) is 6.92 Å². The van der Waals surface area contributed by atoms with Gasteiger partial charge in [0.25, 0.3) is 0 Å². The number of aromatic amines is 1. The van der Waals surface area contributed by atoms with Gasteiger partial charge in [-0.2, -0.15) is 0 Å². The first-order valence-electron chi connectivity index (χ1n) is 11.6. The molecular weight excluding hydrogens is 410 g/mol. The molecule has 33 heavy (non-hydrogen) atoms. The van der Waals surface area contributed by atoms with Gasteiger partial charge in [0, 0.05) is 34.9 Å². The van der Waals surface area contributed by atoms with E-state index >= 15 is 0 Å². The van der Waals surface area contributed by atoms with Gasteiger partial charge in [0.1, 0.15) is 0 Å². The van der Waals surface area contributed by atoms with Crippen molar-refractivity contribution in [2.24, 2.45) is 0 Å². The van der Waals surface area contributed by atoms with Crippen LogP contribution in [0.4, 0.5) is 0 Å². The number of aryl methyl sites for hydroxylation is 1. The van der Waals surface area contributed by atoms with E-state index in [1.54, 1.807) is 14.2 Å². The summed E-state index contributed by atoms with van der Waals surface area (Å²) in [6.45, 7) is 5.37. The van der Waals surface area contributed by atoms with E-state index in [-0.39, 0.29) is 0 Å². The minimum atomic E-state index is 0.605. The molecule has 0 atom stereocenters. The van der Waals surface area contributed by atoms with Crippen LogP contribution in [0.25, 0.3) is 22.2 Å². The van der Waals surface area contributed by atoms with E-state index in [2.05, 4.69) is 58.2 Å². The van der Waals surface area contributed by atoms with Crippen molar-refractivity contribution in [2.75, 3.05) is 27.3 Å². The summed E-state index contributed by atoms with van der Waals surface area (Å²) >= 11 is 0. The van der Waals surface area contributed by atoms with Gasteiger partial charge in [-0.1, -0.05) is 12.1 Å². The summed E-state index contributed by atoms with van der Waals surface area (Å²) in [6, 6.07) is 19.2. The molecule has 0 amide bonds. The standard InChI is InChI=1S/C28H31N3O2/c1-19-24-16-21(20-11-14-31(15-12-20)18-23-6-4-5-13-29-23)7-9-25(24)30-28(19)22-8-10-26(32-2)27(17-22)33-3/h4-10,13,16-17,20,30H,11-12,14-15,18H2,1-3H3. The van der Waals surface area contributed by atoms with Crippen molar-refractivity contribution in [1.82, 2.24) is 14.9 Å². The molecule has 170 valence electrons. The van der Waals surface area contributed by atoms with Crippen LogP contribution in [-0.2, 0) is 6.54 Å². The number of aromatic nitrogens is 2. The number of methoxy groups -OCH3 is 2. The Balaban J connectivity index is 1.35. The predicted molar refractivity (Wildman–Crippen MR) is 133 cm³/mol. The lowest BCUT2D eigenvalue weighted by Crippen LogP contribution is -2.32. The molecule has 1 saturated heterocycles. The number of rotatable bonds is 6. The summed E-state index contributed by atoms with van der Waals surface area (Å²) in [4.78, 5) is 10.6. The fourth-order valence-corrected chi connectivity index (χ4v) is 5.02. The molecule has 5 heteroatoms. The number of likely N-dealkylation sites (tertiary alicyclic amines) is 1. The number of ether oxygens (including phenoxy) is 2. The van der Waals surface area contributed by atoms with Gasteiger partial charge in [0.05, 0.1) is 19.9 Å². The smallest absolute Gasteiger partial charge is 0.161 e. The second kappa shape index (κ2) is 9.28. The first kappa shape index (κ1) is 21.5. The number of hydrogen-bond donors (Lipinski definition) is 1. The molecule has 1 aliphatic heterocycles. The van der Waals surface area contributed by atoms with Crippen molar-refractivity contribution in [1.29, 1.82) is 0 Å². The Morgan fingerprint density at radius 1 is 0.970 bits per heavy atom. The maximum absolute atomic E-state index is 5.51. The SMILES string of the molecule is COc1ccc(-c2[nH]c3ccc(C4CCN(Cc5ccccn5)CC4)cc3c2C)cc1OC. The molecule has 3 heterocycles. The maximum atomic E-state index is 5.51. The summed E-state index contributed by atoms with van der Waals surface area (Å²) in [5, 5.41) is 1.30. The van der Waals surface area contributed by atoms with Crippen molar-refractivity contribution in [3.63, 3.8) is 0 Å². The maximum Gasteiger partial charge on any atom is 0.161 e. The van der Waals surface area contributed by atoms with Crippen molar-refractivity contribution in [3.05, 3.63) is 77.6 Å². The third kappa shape index (κ3) is 4.33. The molecule has 4 aromatic rings. The first-order chi connectivity index (χ1) is 16.2. The highest BCUT2D eigenvalue weighted by Gasteiger charge is 2.22. The van der Waals surface area contributed by atoms with Gasteiger partial charge in [0.15, 0.2) is 11.5 Å². The third-order valence-electron chi connectivity index (χ3n) is 6.93. The van der Waals surface area contributed by atoms with Gasteiger partial charge in [-0.05, 0) is 92.4 Å². The largest absolute Gasteiger partial charge is 0.493 e. The van der Waals surface area contributed by atoms with E-state index < -0.39 is 0 Å². The molecule has 0 radical (unpaired) electrons. The first-order valence-corrected chi connectivity index (χ1v) is 11.6. The van der Waals surface area contributed by atoms with Gasteiger partial charge in [-0.25, -0.2) is 0 Å². The Bertz CT molecular complexity index is 1240. The average molecular weight is 442 g/mol. The van der Waals surface area contributed by atoms with Crippen LogP contribution in [0.2, 0.25) is 0 Å². The van der Waals surface area contributed by atoms with Crippen molar-refractivity contribution in [2.45, 2.75) is 32.2 Å². The van der Waals surface area contributed by atoms with Crippen molar-refractivity contribution in [3.8, 4) is 22.8 Å². The number of nitrogens with zero attached hydrogens (tertiary/aromatic N) is 2. The number of benzene rings is 2. The van der Waals surface area contributed by atoms with Crippen LogP contribution < -0.4 is 9.47 Å². The molecule has 5 rings (SSSR count). The molecule has 0 aliphatic carbocycles. The summed E-state index contributed by atoms with van der Waals surface area (Å²) < 4.78 is 10.9. The van der Waals surface area contributed by atoms with Crippen molar-refractivity contribution >= 4 is 10.9 Å². The fraction of sp³-hybridized carbons (Fsp3) is 0.321. The Hall–Kier alpha value is -3.31. The topological polar surface area (TPSA) is 50.4 Å². The number of fused-ring (bicyclic) bond motifs is 1. The van der Waals surface area contributed by atoms with Gasteiger partial charge >= 0.3 is 0 Å². The fourth-order valence-electron chi connectivity index (χ4n) is 5.02. The highest BCUT2D eigenvalue weighted by molar-refractivity contribution is 5.91. The Kier molecular flexibility index (Phi) is 6.05. The van der Waals surface area contributed by atoms with Crippen LogP contribution in [0.5, 0.6) is 11.5 Å². The van der Waals surface area contributed by atoms with E-state index in [1.807, 2.05) is 24.4 Å². The van der Waals surface area contributed by atoms with Crippen molar-refractivity contribution < 1.29 is 9.47 Å². The van der Waals surface area contributed by atoms with E-state index in [0.29, 0.717) is 5.92 Å². The number of H-pyrrole nitrogens is 1. The molecule has 0 bridgehead atoms. The second-order valence-electron chi connectivity index (χ2n) is 8.87. The van der Waals surface area contributed by atoms with Crippen LogP contribution in [0.3, 0.4) is 0 Å². The average Bonchev–Trinajstić information content (AvgIpc) is 3.20. The molecule has 0 unspecified atom stereocenters. The molecule has 1 fully saturated rings. The zero-order valence-corrected chi connectivity index (χ0v) is 19.6. The predicted octanol–water partition coefficient (Wildman–Crippen LogP) is 5.94.